The van der Waals surface area contributed by atoms with E-state index in [2.05, 4.69) is 4.98 Å². The monoisotopic (exact) mass is 206 g/mol. The molecule has 0 aliphatic rings. The minimum absolute atomic E-state index is 0.211. The van der Waals surface area contributed by atoms with Gasteiger partial charge in [0.2, 0.25) is 5.69 Å². The van der Waals surface area contributed by atoms with Crippen molar-refractivity contribution in [3.8, 4) is 5.75 Å². The van der Waals surface area contributed by atoms with E-state index in [0.29, 0.717) is 17.1 Å². The second-order valence-electron chi connectivity index (χ2n) is 2.53. The fraction of sp³-hybridized carbons (Fsp3) is 0.375. The molecule has 0 radical (unpaired) electrons. The van der Waals surface area contributed by atoms with E-state index in [4.69, 9.17) is 23.2 Å². The first-order valence-electron chi connectivity index (χ1n) is 3.54. The number of aromatic hydroxyl groups is 1. The van der Waals surface area contributed by atoms with E-state index < -0.39 is 0 Å². The van der Waals surface area contributed by atoms with Crippen molar-refractivity contribution < 1.29 is 10.1 Å². The Morgan fingerprint density at radius 3 is 2.58 bits per heavy atom. The van der Waals surface area contributed by atoms with Gasteiger partial charge in [0.1, 0.15) is 0 Å². The van der Waals surface area contributed by atoms with Gasteiger partial charge in [0, 0.05) is 18.1 Å². The summed E-state index contributed by atoms with van der Waals surface area (Å²) in [5, 5.41) is 9.54. The molecule has 1 heterocycles. The van der Waals surface area contributed by atoms with Crippen LogP contribution < -0.4 is 4.98 Å². The Morgan fingerprint density at radius 2 is 2.08 bits per heavy atom. The topological polar surface area (TPSA) is 34.4 Å². The Hall–Kier alpha value is -0.470. The number of hydrogen-bond acceptors (Lipinski definition) is 1. The second-order valence-corrected chi connectivity index (χ2v) is 3.07. The SMILES string of the molecule is Cc1[nH+]cc(CCl)c(CCl)c1O. The van der Waals surface area contributed by atoms with Gasteiger partial charge in [0.15, 0.2) is 11.9 Å². The molecule has 0 unspecified atom stereocenters. The van der Waals surface area contributed by atoms with E-state index in [1.165, 1.54) is 0 Å². The largest absolute Gasteiger partial charge is 0.502 e. The average molecular weight is 207 g/mol. The number of aryl methyl sites for hydroxylation is 1. The van der Waals surface area contributed by atoms with Crippen LogP contribution in [0.1, 0.15) is 16.8 Å². The Labute approximate surface area is 81.1 Å². The Bertz CT molecular complexity index is 289. The number of nitrogens with one attached hydrogen (secondary N) is 1. The van der Waals surface area contributed by atoms with Crippen molar-refractivity contribution in [1.82, 2.24) is 0 Å². The number of rotatable bonds is 2. The number of aromatic amines is 1. The lowest BCUT2D eigenvalue weighted by molar-refractivity contribution is -0.389. The van der Waals surface area contributed by atoms with E-state index >= 15 is 0 Å². The van der Waals surface area contributed by atoms with E-state index in [-0.39, 0.29) is 11.6 Å². The molecule has 0 amide bonds. The molecule has 2 N–H and O–H groups in total. The van der Waals surface area contributed by atoms with Crippen LogP contribution in [0.2, 0.25) is 0 Å². The van der Waals surface area contributed by atoms with Gasteiger partial charge in [-0.25, -0.2) is 4.98 Å². The molecule has 0 aromatic carbocycles. The predicted octanol–water partition coefficient (Wildman–Crippen LogP) is 1.99. The molecule has 0 spiro atoms. The van der Waals surface area contributed by atoms with Crippen molar-refractivity contribution >= 4 is 23.2 Å². The molecule has 0 atom stereocenters. The zero-order valence-corrected chi connectivity index (χ0v) is 8.21. The van der Waals surface area contributed by atoms with Gasteiger partial charge in [-0.1, -0.05) is 0 Å². The molecule has 1 aromatic rings. The first kappa shape index (κ1) is 9.62. The summed E-state index contributed by atoms with van der Waals surface area (Å²) in [4.78, 5) is 2.90. The van der Waals surface area contributed by atoms with Gasteiger partial charge < -0.3 is 5.11 Å². The molecule has 66 valence electrons. The quantitative estimate of drug-likeness (QED) is 0.739. The molecule has 2 nitrogen and oxygen atoms in total. The number of halogens is 2. The molecule has 4 heteroatoms. The molecule has 0 fully saturated rings. The van der Waals surface area contributed by atoms with Crippen LogP contribution in [0.25, 0.3) is 0 Å². The van der Waals surface area contributed by atoms with Crippen LogP contribution >= 0.6 is 23.2 Å². The summed E-state index contributed by atoms with van der Waals surface area (Å²) in [6, 6.07) is 0. The van der Waals surface area contributed by atoms with Gasteiger partial charge in [-0.15, -0.1) is 23.2 Å². The lowest BCUT2D eigenvalue weighted by Crippen LogP contribution is -2.10. The molecular formula is C8H10Cl2NO+. The van der Waals surface area contributed by atoms with Crippen LogP contribution in [0, 0.1) is 6.92 Å². The summed E-state index contributed by atoms with van der Waals surface area (Å²) < 4.78 is 0. The van der Waals surface area contributed by atoms with Crippen LogP contribution in [0.5, 0.6) is 5.75 Å². The molecule has 1 rings (SSSR count). The number of pyridine rings is 1. The Morgan fingerprint density at radius 1 is 1.42 bits per heavy atom. The summed E-state index contributed by atoms with van der Waals surface area (Å²) in [6.07, 6.45) is 1.76. The zero-order chi connectivity index (χ0) is 9.14. The van der Waals surface area contributed by atoms with Crippen LogP contribution in [0.4, 0.5) is 0 Å². The normalized spacial score (nSPS) is 10.2. The minimum Gasteiger partial charge on any atom is -0.502 e. The van der Waals surface area contributed by atoms with Gasteiger partial charge in [-0.3, -0.25) is 0 Å². The highest BCUT2D eigenvalue weighted by Gasteiger charge is 2.13. The summed E-state index contributed by atoms with van der Waals surface area (Å²) in [7, 11) is 0. The van der Waals surface area contributed by atoms with Gasteiger partial charge in [-0.2, -0.15) is 0 Å². The average Bonchev–Trinajstić information content (AvgIpc) is 2.09. The number of H-pyrrole nitrogens is 1. The maximum absolute atomic E-state index is 9.54. The van der Waals surface area contributed by atoms with Crippen molar-refractivity contribution in [2.45, 2.75) is 18.7 Å². The van der Waals surface area contributed by atoms with E-state index in [9.17, 15) is 5.11 Å². The first-order chi connectivity index (χ1) is 5.70. The van der Waals surface area contributed by atoms with E-state index in [1.54, 1.807) is 13.1 Å². The highest BCUT2D eigenvalue weighted by molar-refractivity contribution is 6.18. The number of hydrogen-bond donors (Lipinski definition) is 1. The van der Waals surface area contributed by atoms with Crippen LogP contribution in [-0.2, 0) is 11.8 Å². The maximum Gasteiger partial charge on any atom is 0.218 e. The summed E-state index contributed by atoms with van der Waals surface area (Å²) in [5.74, 6) is 0.846. The molecular weight excluding hydrogens is 197 g/mol. The summed E-state index contributed by atoms with van der Waals surface area (Å²) in [6.45, 7) is 1.78. The van der Waals surface area contributed by atoms with Crippen molar-refractivity contribution in [1.29, 1.82) is 0 Å². The van der Waals surface area contributed by atoms with E-state index in [0.717, 1.165) is 5.56 Å². The van der Waals surface area contributed by atoms with Crippen LogP contribution in [0.15, 0.2) is 6.20 Å². The number of alkyl halides is 2. The fourth-order valence-corrected chi connectivity index (χ4v) is 1.53. The lowest BCUT2D eigenvalue weighted by Gasteiger charge is -2.03. The van der Waals surface area contributed by atoms with Crippen LogP contribution in [-0.4, -0.2) is 5.11 Å². The van der Waals surface area contributed by atoms with Gasteiger partial charge in [0.05, 0.1) is 11.8 Å². The second kappa shape index (κ2) is 3.97. The highest BCUT2D eigenvalue weighted by Crippen LogP contribution is 2.24. The molecule has 0 aliphatic carbocycles. The molecule has 0 saturated carbocycles. The summed E-state index contributed by atoms with van der Waals surface area (Å²) in [5.41, 5.74) is 2.26. The third-order valence-electron chi connectivity index (χ3n) is 1.77. The third kappa shape index (κ3) is 1.65. The lowest BCUT2D eigenvalue weighted by atomic mass is 10.1. The van der Waals surface area contributed by atoms with E-state index in [1.807, 2.05) is 0 Å². The molecule has 1 aromatic heterocycles. The Balaban J connectivity index is 3.25. The maximum atomic E-state index is 9.54. The van der Waals surface area contributed by atoms with Gasteiger partial charge in [-0.05, 0) is 0 Å². The molecule has 12 heavy (non-hydrogen) atoms. The summed E-state index contributed by atoms with van der Waals surface area (Å²) >= 11 is 11.3. The zero-order valence-electron chi connectivity index (χ0n) is 6.69. The minimum atomic E-state index is 0.211. The predicted molar refractivity (Wildman–Crippen MR) is 48.5 cm³/mol. The van der Waals surface area contributed by atoms with Crippen molar-refractivity contribution in [2.24, 2.45) is 0 Å². The fourth-order valence-electron chi connectivity index (χ4n) is 0.998. The smallest absolute Gasteiger partial charge is 0.218 e. The molecule has 0 saturated heterocycles. The van der Waals surface area contributed by atoms with Crippen molar-refractivity contribution in [3.05, 3.63) is 23.0 Å². The Kier molecular flexibility index (Phi) is 3.18. The molecule has 0 bridgehead atoms. The number of aromatic nitrogens is 1. The highest BCUT2D eigenvalue weighted by atomic mass is 35.5. The van der Waals surface area contributed by atoms with Crippen molar-refractivity contribution in [2.75, 3.05) is 0 Å². The van der Waals surface area contributed by atoms with Crippen LogP contribution in [0.3, 0.4) is 0 Å². The third-order valence-corrected chi connectivity index (χ3v) is 2.32. The molecule has 0 aliphatic heterocycles. The van der Waals surface area contributed by atoms with Gasteiger partial charge in [0.25, 0.3) is 0 Å². The van der Waals surface area contributed by atoms with Crippen molar-refractivity contribution in [3.63, 3.8) is 0 Å². The standard InChI is InChI=1S/C8H9Cl2NO/c1-5-8(12)7(3-10)6(2-9)4-11-5/h4,12H,2-3H2,1H3/p+1. The first-order valence-corrected chi connectivity index (χ1v) is 4.61. The van der Waals surface area contributed by atoms with Gasteiger partial charge >= 0.3 is 0 Å².